The summed E-state index contributed by atoms with van der Waals surface area (Å²) in [5, 5.41) is 15.3. The molecule has 3 fully saturated rings. The van der Waals surface area contributed by atoms with Crippen molar-refractivity contribution in [2.75, 3.05) is 5.32 Å². The molecule has 6 atom stereocenters. The van der Waals surface area contributed by atoms with Gasteiger partial charge in [-0.05, 0) is 144 Å². The molecule has 2 N–H and O–H groups in total. The van der Waals surface area contributed by atoms with Crippen molar-refractivity contribution in [3.05, 3.63) is 64.7 Å². The molecule has 4 nitrogen and oxygen atoms in total. The number of fused-ring (bicyclic) bond motifs is 6. The first-order valence-corrected chi connectivity index (χ1v) is 17.0. The number of carbonyl (C=O) groups is 1. The van der Waals surface area contributed by atoms with Crippen LogP contribution in [0.4, 0.5) is 5.69 Å². The molecule has 0 radical (unpaired) electrons. The SMILES string of the molecule is C#C[C@]1(O)CC[C@H]2[C@@H]3CCC4=CC(=O)CC[C@@H]4[C@H]3CC[C@@]21CC.CC1(C)Nc2ccc(-c3cccc(Cl)c3)cc2C(C)(C)O1. The molecule has 44 heavy (non-hydrogen) atoms. The maximum absolute atomic E-state index is 11.8. The third-order valence-electron chi connectivity index (χ3n) is 11.8. The monoisotopic (exact) mass is 613 g/mol. The van der Waals surface area contributed by atoms with Crippen LogP contribution in [-0.4, -0.2) is 22.2 Å². The Labute approximate surface area is 269 Å². The number of hydrogen-bond donors (Lipinski definition) is 2. The van der Waals surface area contributed by atoms with Crippen molar-refractivity contribution >= 4 is 23.1 Å². The molecule has 3 saturated carbocycles. The smallest absolute Gasteiger partial charge is 0.155 e. The van der Waals surface area contributed by atoms with Gasteiger partial charge in [0.1, 0.15) is 11.3 Å². The Morgan fingerprint density at radius 3 is 2.50 bits per heavy atom. The zero-order chi connectivity index (χ0) is 31.5. The first-order valence-electron chi connectivity index (χ1n) is 16.6. The molecule has 0 aromatic heterocycles. The van der Waals surface area contributed by atoms with Gasteiger partial charge in [-0.1, -0.05) is 48.2 Å². The lowest BCUT2D eigenvalue weighted by molar-refractivity contribution is -0.119. The maximum Gasteiger partial charge on any atom is 0.155 e. The molecule has 0 amide bonds. The van der Waals surface area contributed by atoms with Crippen molar-refractivity contribution in [1.29, 1.82) is 0 Å². The fourth-order valence-corrected chi connectivity index (χ4v) is 10.2. The molecule has 1 aliphatic heterocycles. The van der Waals surface area contributed by atoms with E-state index >= 15 is 0 Å². The third kappa shape index (κ3) is 5.34. The van der Waals surface area contributed by atoms with Crippen molar-refractivity contribution < 1.29 is 14.6 Å². The summed E-state index contributed by atoms with van der Waals surface area (Å²) in [6.07, 6.45) is 16.9. The molecule has 0 spiro atoms. The first-order chi connectivity index (χ1) is 20.8. The molecule has 2 aromatic rings. The lowest BCUT2D eigenvalue weighted by atomic mass is 9.49. The number of aliphatic hydroxyl groups is 1. The molecular weight excluding hydrogens is 566 g/mol. The summed E-state index contributed by atoms with van der Waals surface area (Å²) in [5.74, 6) is 5.73. The molecule has 234 valence electrons. The number of nitrogens with one attached hydrogen (secondary N) is 1. The molecule has 5 heteroatoms. The number of carbonyl (C=O) groups excluding carboxylic acids is 1. The Morgan fingerprint density at radius 2 is 1.77 bits per heavy atom. The van der Waals surface area contributed by atoms with E-state index in [9.17, 15) is 9.90 Å². The van der Waals surface area contributed by atoms with Crippen LogP contribution in [0.5, 0.6) is 0 Å². The Balaban J connectivity index is 0.000000157. The highest BCUT2D eigenvalue weighted by atomic mass is 35.5. The van der Waals surface area contributed by atoms with Crippen molar-refractivity contribution in [3.8, 4) is 23.5 Å². The number of ketones is 1. The summed E-state index contributed by atoms with van der Waals surface area (Å²) in [4.78, 5) is 11.8. The normalized spacial score (nSPS) is 34.4. The van der Waals surface area contributed by atoms with Crippen LogP contribution >= 0.6 is 11.6 Å². The van der Waals surface area contributed by atoms with Crippen molar-refractivity contribution in [3.63, 3.8) is 0 Å². The Kier molecular flexibility index (Phi) is 8.09. The van der Waals surface area contributed by atoms with E-state index < -0.39 is 5.60 Å². The minimum atomic E-state index is -0.893. The second-order valence-electron chi connectivity index (χ2n) is 14.9. The highest BCUT2D eigenvalue weighted by Crippen LogP contribution is 2.66. The molecule has 4 aliphatic carbocycles. The van der Waals surface area contributed by atoms with Crippen LogP contribution in [0, 0.1) is 41.4 Å². The largest absolute Gasteiger partial charge is 0.377 e. The van der Waals surface area contributed by atoms with E-state index in [1.807, 2.05) is 38.1 Å². The Hall–Kier alpha value is -2.58. The summed E-state index contributed by atoms with van der Waals surface area (Å²) in [6, 6.07) is 14.3. The molecule has 5 aliphatic rings. The number of hydrogen-bond acceptors (Lipinski definition) is 4. The average molecular weight is 614 g/mol. The van der Waals surface area contributed by atoms with E-state index in [1.54, 1.807) is 0 Å². The first kappa shape index (κ1) is 31.4. The molecule has 2 aromatic carbocycles. The van der Waals surface area contributed by atoms with E-state index in [0.717, 1.165) is 66.8 Å². The van der Waals surface area contributed by atoms with Gasteiger partial charge in [0.15, 0.2) is 5.78 Å². The van der Waals surface area contributed by atoms with E-state index in [0.29, 0.717) is 29.5 Å². The predicted molar refractivity (Wildman–Crippen MR) is 179 cm³/mol. The van der Waals surface area contributed by atoms with Gasteiger partial charge < -0.3 is 15.2 Å². The summed E-state index contributed by atoms with van der Waals surface area (Å²) < 4.78 is 6.17. The third-order valence-corrected chi connectivity index (χ3v) is 12.0. The summed E-state index contributed by atoms with van der Waals surface area (Å²) in [5.41, 5.74) is 4.33. The second kappa shape index (κ2) is 11.3. The number of benzene rings is 2. The van der Waals surface area contributed by atoms with Crippen molar-refractivity contribution in [1.82, 2.24) is 0 Å². The topological polar surface area (TPSA) is 58.6 Å². The fourth-order valence-electron chi connectivity index (χ4n) is 10.0. The van der Waals surface area contributed by atoms with Crippen LogP contribution in [0.1, 0.15) is 98.0 Å². The van der Waals surface area contributed by atoms with Gasteiger partial charge in [-0.3, -0.25) is 4.79 Å². The predicted octanol–water partition coefficient (Wildman–Crippen LogP) is 9.30. The van der Waals surface area contributed by atoms with Crippen LogP contribution < -0.4 is 5.32 Å². The molecule has 1 heterocycles. The van der Waals surface area contributed by atoms with Gasteiger partial charge in [-0.15, -0.1) is 6.42 Å². The highest BCUT2D eigenvalue weighted by molar-refractivity contribution is 6.30. The fraction of sp³-hybridized carbons (Fsp3) is 0.564. The van der Waals surface area contributed by atoms with E-state index in [-0.39, 0.29) is 16.7 Å². The quantitative estimate of drug-likeness (QED) is 0.331. The van der Waals surface area contributed by atoms with Crippen molar-refractivity contribution in [2.45, 2.75) is 109 Å². The van der Waals surface area contributed by atoms with Gasteiger partial charge in [0.25, 0.3) is 0 Å². The number of allylic oxidation sites excluding steroid dienone is 1. The standard InChI is InChI=1S/C21H28O2.C18H20ClNO/c1-3-20-11-9-17-16-8-6-15(22)13-14(16)5-7-18(17)19(20)10-12-21(20,23)4-2;1-17(2)15-11-13(12-6-5-7-14(19)10-12)8-9-16(15)20-18(3,4)21-17/h2,13,16-19,23H,3,5-12H2,1H3;5-11,20H,1-4H3/t16-,17+,18+,19-,20-,21-;/m0./s1. The summed E-state index contributed by atoms with van der Waals surface area (Å²) >= 11 is 6.09. The lowest BCUT2D eigenvalue weighted by Gasteiger charge is -2.55. The van der Waals surface area contributed by atoms with Gasteiger partial charge in [0.2, 0.25) is 0 Å². The van der Waals surface area contributed by atoms with Gasteiger partial charge in [0, 0.05) is 28.1 Å². The van der Waals surface area contributed by atoms with Gasteiger partial charge in [0.05, 0.1) is 5.60 Å². The van der Waals surface area contributed by atoms with Gasteiger partial charge in [-0.2, -0.15) is 0 Å². The number of anilines is 1. The number of terminal acetylenes is 1. The lowest BCUT2D eigenvalue weighted by Crippen LogP contribution is -2.53. The maximum atomic E-state index is 11.8. The number of halogens is 1. The van der Waals surface area contributed by atoms with Crippen molar-refractivity contribution in [2.24, 2.45) is 29.1 Å². The van der Waals surface area contributed by atoms with E-state index in [4.69, 9.17) is 22.8 Å². The number of ether oxygens (including phenoxy) is 1. The van der Waals surface area contributed by atoms with Crippen LogP contribution in [0.25, 0.3) is 11.1 Å². The molecule has 0 bridgehead atoms. The molecule has 0 saturated heterocycles. The molecule has 0 unspecified atom stereocenters. The van der Waals surface area contributed by atoms with E-state index in [1.165, 1.54) is 24.0 Å². The highest BCUT2D eigenvalue weighted by Gasteiger charge is 2.63. The molecular formula is C39H48ClNO3. The van der Waals surface area contributed by atoms with Gasteiger partial charge >= 0.3 is 0 Å². The Morgan fingerprint density at radius 1 is 1.00 bits per heavy atom. The van der Waals surface area contributed by atoms with Crippen LogP contribution in [-0.2, 0) is 15.1 Å². The zero-order valence-electron chi connectivity index (χ0n) is 27.0. The summed E-state index contributed by atoms with van der Waals surface area (Å²) in [7, 11) is 0. The summed E-state index contributed by atoms with van der Waals surface area (Å²) in [6.45, 7) is 10.5. The molecule has 7 rings (SSSR count). The second-order valence-corrected chi connectivity index (χ2v) is 15.4. The Bertz CT molecular complexity index is 1520. The van der Waals surface area contributed by atoms with Crippen LogP contribution in [0.2, 0.25) is 5.02 Å². The van der Waals surface area contributed by atoms with E-state index in [2.05, 4.69) is 56.3 Å². The van der Waals surface area contributed by atoms with Crippen LogP contribution in [0.15, 0.2) is 54.1 Å². The van der Waals surface area contributed by atoms with Gasteiger partial charge in [-0.25, -0.2) is 0 Å². The minimum Gasteiger partial charge on any atom is -0.377 e. The zero-order valence-corrected chi connectivity index (χ0v) is 27.8. The average Bonchev–Trinajstić information content (AvgIpc) is 3.29. The minimum absolute atomic E-state index is 0.0609. The number of rotatable bonds is 2. The van der Waals surface area contributed by atoms with Crippen LogP contribution in [0.3, 0.4) is 0 Å².